The van der Waals surface area contributed by atoms with Gasteiger partial charge in [-0.2, -0.15) is 0 Å². The van der Waals surface area contributed by atoms with Crippen LogP contribution in [0.25, 0.3) is 0 Å². The number of rotatable bonds is 1. The monoisotopic (exact) mass is 153 g/mol. The maximum absolute atomic E-state index is 11.5. The topological polar surface area (TPSA) is 23.1 Å². The Hall–Kier alpha value is -0.600. The summed E-state index contributed by atoms with van der Waals surface area (Å²) in [6.45, 7) is 2.02. The molecule has 62 valence electrons. The Balaban J connectivity index is 2.76. The fourth-order valence-electron chi connectivity index (χ4n) is 1.47. The highest BCUT2D eigenvalue weighted by Gasteiger charge is 2.21. The van der Waals surface area contributed by atoms with Crippen molar-refractivity contribution in [2.24, 2.45) is 0 Å². The minimum Gasteiger partial charge on any atom is -0.633 e. The molecule has 1 atom stereocenters. The summed E-state index contributed by atoms with van der Waals surface area (Å²) in [6, 6.07) is 0.125. The largest absolute Gasteiger partial charge is 0.633 e. The van der Waals surface area contributed by atoms with E-state index in [1.807, 2.05) is 19.1 Å². The zero-order chi connectivity index (χ0) is 8.48. The fraction of sp³-hybridized carbons (Fsp3) is 0.556. The number of hydrogen-bond acceptors (Lipinski definition) is 1. The van der Waals surface area contributed by atoms with Gasteiger partial charge in [-0.25, -0.2) is 0 Å². The van der Waals surface area contributed by atoms with Gasteiger partial charge in [0.25, 0.3) is 0 Å². The summed E-state index contributed by atoms with van der Waals surface area (Å²) in [7, 11) is 3.39. The van der Waals surface area contributed by atoms with Gasteiger partial charge in [0.15, 0.2) is 0 Å². The first-order valence-electron chi connectivity index (χ1n) is 3.90. The van der Waals surface area contributed by atoms with E-state index in [0.29, 0.717) is 0 Å². The summed E-state index contributed by atoms with van der Waals surface area (Å²) in [6.07, 6.45) is 6.96. The van der Waals surface area contributed by atoms with Gasteiger partial charge in [0, 0.05) is 6.42 Å². The Morgan fingerprint density at radius 3 is 2.55 bits per heavy atom. The number of hydroxylamine groups is 3. The van der Waals surface area contributed by atoms with Crippen molar-refractivity contribution in [2.45, 2.75) is 19.4 Å². The van der Waals surface area contributed by atoms with Gasteiger partial charge in [-0.15, -0.1) is 0 Å². The highest BCUT2D eigenvalue weighted by atomic mass is 16.5. The van der Waals surface area contributed by atoms with Crippen molar-refractivity contribution in [2.75, 3.05) is 14.1 Å². The molecule has 2 nitrogen and oxygen atoms in total. The van der Waals surface area contributed by atoms with Crippen molar-refractivity contribution in [3.8, 4) is 0 Å². The second-order valence-electron chi connectivity index (χ2n) is 3.52. The summed E-state index contributed by atoms with van der Waals surface area (Å²) < 4.78 is -0.216. The van der Waals surface area contributed by atoms with Gasteiger partial charge in [0.05, 0.1) is 14.1 Å². The van der Waals surface area contributed by atoms with Crippen molar-refractivity contribution >= 4 is 0 Å². The molecule has 0 saturated heterocycles. The zero-order valence-electron chi connectivity index (χ0n) is 7.37. The molecule has 0 aliphatic heterocycles. The standard InChI is InChI=1S/C9H15NO/c1-8-6-4-5-7-9(8)10(2,3)11/h4-6,9H,7H2,1-3H3. The first-order valence-corrected chi connectivity index (χ1v) is 3.90. The van der Waals surface area contributed by atoms with E-state index in [-0.39, 0.29) is 10.7 Å². The molecule has 0 bridgehead atoms. The average molecular weight is 153 g/mol. The van der Waals surface area contributed by atoms with Crippen LogP contribution in [0.1, 0.15) is 13.3 Å². The van der Waals surface area contributed by atoms with E-state index in [1.54, 1.807) is 14.1 Å². The van der Waals surface area contributed by atoms with E-state index >= 15 is 0 Å². The quantitative estimate of drug-likeness (QED) is 0.416. The second-order valence-corrected chi connectivity index (χ2v) is 3.52. The number of likely N-dealkylation sites (N-methyl/N-ethyl adjacent to an activating group) is 1. The Labute approximate surface area is 68.0 Å². The lowest BCUT2D eigenvalue weighted by Crippen LogP contribution is -2.44. The third-order valence-electron chi connectivity index (χ3n) is 2.13. The molecule has 1 unspecified atom stereocenters. The smallest absolute Gasteiger partial charge is 0.113 e. The maximum Gasteiger partial charge on any atom is 0.113 e. The van der Waals surface area contributed by atoms with Crippen LogP contribution in [0, 0.1) is 5.21 Å². The van der Waals surface area contributed by atoms with Gasteiger partial charge in [-0.3, -0.25) is 0 Å². The Kier molecular flexibility index (Phi) is 2.16. The molecule has 0 spiro atoms. The fourth-order valence-corrected chi connectivity index (χ4v) is 1.47. The molecule has 0 saturated carbocycles. The second kappa shape index (κ2) is 2.80. The summed E-state index contributed by atoms with van der Waals surface area (Å²) in [5, 5.41) is 11.5. The molecule has 1 rings (SSSR count). The van der Waals surface area contributed by atoms with Crippen LogP contribution in [0.5, 0.6) is 0 Å². The van der Waals surface area contributed by atoms with Crippen LogP contribution in [0.2, 0.25) is 0 Å². The molecule has 0 heterocycles. The van der Waals surface area contributed by atoms with E-state index in [2.05, 4.69) is 6.08 Å². The van der Waals surface area contributed by atoms with E-state index in [9.17, 15) is 5.21 Å². The summed E-state index contributed by atoms with van der Waals surface area (Å²) in [4.78, 5) is 0. The van der Waals surface area contributed by atoms with Crippen LogP contribution in [0.15, 0.2) is 23.8 Å². The van der Waals surface area contributed by atoms with Crippen LogP contribution in [0.3, 0.4) is 0 Å². The number of quaternary nitrogens is 1. The zero-order valence-corrected chi connectivity index (χ0v) is 7.37. The van der Waals surface area contributed by atoms with Crippen molar-refractivity contribution in [3.05, 3.63) is 29.0 Å². The summed E-state index contributed by atoms with van der Waals surface area (Å²) in [5.74, 6) is 0. The Bertz CT molecular complexity index is 198. The lowest BCUT2D eigenvalue weighted by atomic mass is 9.99. The summed E-state index contributed by atoms with van der Waals surface area (Å²) >= 11 is 0. The summed E-state index contributed by atoms with van der Waals surface area (Å²) in [5.41, 5.74) is 1.19. The van der Waals surface area contributed by atoms with E-state index in [0.717, 1.165) is 6.42 Å². The van der Waals surface area contributed by atoms with Crippen LogP contribution < -0.4 is 0 Å². The maximum atomic E-state index is 11.5. The van der Waals surface area contributed by atoms with Crippen molar-refractivity contribution in [3.63, 3.8) is 0 Å². The number of allylic oxidation sites excluding steroid dienone is 2. The third-order valence-corrected chi connectivity index (χ3v) is 2.13. The first-order chi connectivity index (χ1) is 5.02. The van der Waals surface area contributed by atoms with Crippen molar-refractivity contribution < 1.29 is 4.65 Å². The van der Waals surface area contributed by atoms with Crippen LogP contribution in [0.4, 0.5) is 0 Å². The van der Waals surface area contributed by atoms with Crippen molar-refractivity contribution in [1.29, 1.82) is 0 Å². The van der Waals surface area contributed by atoms with Crippen LogP contribution in [-0.4, -0.2) is 24.8 Å². The van der Waals surface area contributed by atoms with Gasteiger partial charge < -0.3 is 9.85 Å². The van der Waals surface area contributed by atoms with Gasteiger partial charge in [-0.05, 0) is 12.5 Å². The minimum atomic E-state index is -0.216. The highest BCUT2D eigenvalue weighted by Crippen LogP contribution is 2.21. The molecular formula is C9H15NO. The minimum absolute atomic E-state index is 0.125. The number of hydrogen-bond donors (Lipinski definition) is 0. The SMILES string of the molecule is CC1=CC=CCC1[N+](C)(C)[O-]. The molecule has 0 radical (unpaired) electrons. The molecular weight excluding hydrogens is 138 g/mol. The molecule has 0 aromatic carbocycles. The lowest BCUT2D eigenvalue weighted by Gasteiger charge is -2.42. The van der Waals surface area contributed by atoms with Crippen LogP contribution in [-0.2, 0) is 0 Å². The van der Waals surface area contributed by atoms with Gasteiger partial charge in [-0.1, -0.05) is 18.2 Å². The van der Waals surface area contributed by atoms with Gasteiger partial charge in [0.1, 0.15) is 6.04 Å². The number of nitrogens with zero attached hydrogens (tertiary/aromatic N) is 1. The van der Waals surface area contributed by atoms with Gasteiger partial charge >= 0.3 is 0 Å². The molecule has 0 N–H and O–H groups in total. The predicted octanol–water partition coefficient (Wildman–Crippen LogP) is 1.84. The molecule has 1 aliphatic rings. The molecule has 0 aromatic rings. The molecule has 0 fully saturated rings. The average Bonchev–Trinajstić information content (AvgIpc) is 1.86. The van der Waals surface area contributed by atoms with Crippen molar-refractivity contribution in [1.82, 2.24) is 0 Å². The Morgan fingerprint density at radius 2 is 2.18 bits per heavy atom. The first kappa shape index (κ1) is 8.50. The Morgan fingerprint density at radius 1 is 1.55 bits per heavy atom. The van der Waals surface area contributed by atoms with E-state index in [1.165, 1.54) is 5.57 Å². The van der Waals surface area contributed by atoms with Crippen LogP contribution >= 0.6 is 0 Å². The molecule has 11 heavy (non-hydrogen) atoms. The lowest BCUT2D eigenvalue weighted by molar-refractivity contribution is -0.860. The third kappa shape index (κ3) is 1.91. The van der Waals surface area contributed by atoms with E-state index < -0.39 is 0 Å². The molecule has 1 aliphatic carbocycles. The van der Waals surface area contributed by atoms with Gasteiger partial charge in [0.2, 0.25) is 0 Å². The molecule has 0 aromatic heterocycles. The normalized spacial score (nSPS) is 25.1. The van der Waals surface area contributed by atoms with E-state index in [4.69, 9.17) is 0 Å². The predicted molar refractivity (Wildman–Crippen MR) is 46.8 cm³/mol. The molecule has 0 amide bonds. The molecule has 2 heteroatoms. The highest BCUT2D eigenvalue weighted by molar-refractivity contribution is 5.20.